The third kappa shape index (κ3) is 4.62. The minimum atomic E-state index is -4.47. The number of fused-ring (bicyclic) bond motifs is 1. The molecule has 0 atom stereocenters. The molecule has 0 spiro atoms. The van der Waals surface area contributed by atoms with Crippen molar-refractivity contribution in [3.05, 3.63) is 78.4 Å². The van der Waals surface area contributed by atoms with Crippen molar-refractivity contribution < 1.29 is 23.1 Å². The van der Waals surface area contributed by atoms with Crippen LogP contribution in [-0.4, -0.2) is 24.7 Å². The van der Waals surface area contributed by atoms with Crippen LogP contribution >= 0.6 is 11.3 Å². The number of benzene rings is 3. The quantitative estimate of drug-likeness (QED) is 0.335. The molecular weight excluding hydrogens is 435 g/mol. The van der Waals surface area contributed by atoms with Gasteiger partial charge < -0.3 is 10.0 Å². The molecule has 0 aliphatic carbocycles. The maximum Gasteiger partial charge on any atom is 0.417 e. The second-order valence-electron chi connectivity index (χ2n) is 7.52. The van der Waals surface area contributed by atoms with E-state index in [0.29, 0.717) is 17.7 Å². The van der Waals surface area contributed by atoms with Gasteiger partial charge in [0, 0.05) is 28.9 Å². The van der Waals surface area contributed by atoms with Gasteiger partial charge in [-0.3, -0.25) is 4.79 Å². The molecule has 0 aliphatic rings. The van der Waals surface area contributed by atoms with Crippen molar-refractivity contribution in [3.8, 4) is 21.6 Å². The van der Waals surface area contributed by atoms with E-state index in [1.165, 1.54) is 23.5 Å². The molecule has 3 nitrogen and oxygen atoms in total. The van der Waals surface area contributed by atoms with E-state index in [9.17, 15) is 18.0 Å². The molecule has 1 N–H and O–H groups in total. The van der Waals surface area contributed by atoms with Gasteiger partial charge in [-0.25, -0.2) is 0 Å². The smallest absolute Gasteiger partial charge is 0.417 e. The summed E-state index contributed by atoms with van der Waals surface area (Å²) in [6.07, 6.45) is -4.45. The number of halogens is 3. The number of rotatable bonds is 6. The van der Waals surface area contributed by atoms with E-state index in [1.807, 2.05) is 36.2 Å². The molecule has 164 valence electrons. The predicted molar refractivity (Wildman–Crippen MR) is 123 cm³/mol. The number of hydrogen-bond acceptors (Lipinski definition) is 3. The van der Waals surface area contributed by atoms with Crippen LogP contribution in [0.2, 0.25) is 0 Å². The monoisotopic (exact) mass is 455 g/mol. The molecule has 0 bridgehead atoms. The number of hydrogen-bond donors (Lipinski definition) is 1. The van der Waals surface area contributed by atoms with Gasteiger partial charge in [0.05, 0.1) is 12.0 Å². The van der Waals surface area contributed by atoms with E-state index >= 15 is 0 Å². The van der Waals surface area contributed by atoms with Crippen molar-refractivity contribution in [2.45, 2.75) is 12.6 Å². The van der Waals surface area contributed by atoms with Crippen LogP contribution in [0.25, 0.3) is 31.7 Å². The minimum Gasteiger partial charge on any atom is -0.481 e. The maximum atomic E-state index is 13.9. The van der Waals surface area contributed by atoms with Crippen LogP contribution in [0.5, 0.6) is 0 Å². The highest BCUT2D eigenvalue weighted by molar-refractivity contribution is 7.22. The van der Waals surface area contributed by atoms with Gasteiger partial charge in [0.15, 0.2) is 0 Å². The molecule has 32 heavy (non-hydrogen) atoms. The number of carbonyl (C=O) groups is 1. The lowest BCUT2D eigenvalue weighted by atomic mass is 9.96. The summed E-state index contributed by atoms with van der Waals surface area (Å²) < 4.78 is 42.5. The van der Waals surface area contributed by atoms with E-state index < -0.39 is 17.7 Å². The lowest BCUT2D eigenvalue weighted by molar-refractivity contribution is -0.137. The lowest BCUT2D eigenvalue weighted by Crippen LogP contribution is -2.20. The second kappa shape index (κ2) is 8.67. The van der Waals surface area contributed by atoms with Crippen LogP contribution in [0.4, 0.5) is 18.9 Å². The fraction of sp³-hybridized carbons (Fsp3) is 0.160. The highest BCUT2D eigenvalue weighted by Crippen LogP contribution is 2.42. The topological polar surface area (TPSA) is 40.5 Å². The zero-order valence-corrected chi connectivity index (χ0v) is 18.0. The highest BCUT2D eigenvalue weighted by Gasteiger charge is 2.34. The van der Waals surface area contributed by atoms with Crippen molar-refractivity contribution >= 4 is 33.1 Å². The van der Waals surface area contributed by atoms with Gasteiger partial charge in [0.2, 0.25) is 0 Å². The number of nitrogens with zero attached hydrogens (tertiary/aromatic N) is 1. The second-order valence-corrected chi connectivity index (χ2v) is 8.61. The Kier molecular flexibility index (Phi) is 5.93. The molecule has 0 unspecified atom stereocenters. The largest absolute Gasteiger partial charge is 0.481 e. The fourth-order valence-corrected chi connectivity index (χ4v) is 4.64. The van der Waals surface area contributed by atoms with Crippen molar-refractivity contribution in [2.24, 2.45) is 0 Å². The van der Waals surface area contributed by atoms with Gasteiger partial charge in [0.25, 0.3) is 0 Å². The van der Waals surface area contributed by atoms with Gasteiger partial charge in [0.1, 0.15) is 0 Å². The number of thiophene rings is 1. The highest BCUT2D eigenvalue weighted by atomic mass is 32.1. The number of carboxylic acids is 1. The Morgan fingerprint density at radius 3 is 2.41 bits per heavy atom. The van der Waals surface area contributed by atoms with Crippen molar-refractivity contribution in [1.29, 1.82) is 0 Å². The first-order valence-electron chi connectivity index (χ1n) is 9.96. The Morgan fingerprint density at radius 1 is 0.969 bits per heavy atom. The average molecular weight is 456 g/mol. The van der Waals surface area contributed by atoms with E-state index in [0.717, 1.165) is 20.7 Å². The van der Waals surface area contributed by atoms with Gasteiger partial charge in [-0.1, -0.05) is 42.5 Å². The third-order valence-electron chi connectivity index (χ3n) is 5.30. The molecule has 0 saturated heterocycles. The Hall–Kier alpha value is -3.32. The summed E-state index contributed by atoms with van der Waals surface area (Å²) in [5.41, 5.74) is 1.40. The number of aliphatic carboxylic acids is 1. The molecule has 4 aromatic rings. The zero-order valence-electron chi connectivity index (χ0n) is 17.2. The first kappa shape index (κ1) is 21.9. The summed E-state index contributed by atoms with van der Waals surface area (Å²) in [6.45, 7) is 0.369. The summed E-state index contributed by atoms with van der Waals surface area (Å²) in [5.74, 6) is -0.866. The van der Waals surface area contributed by atoms with E-state index in [2.05, 4.69) is 0 Å². The zero-order chi connectivity index (χ0) is 22.9. The molecule has 4 rings (SSSR count). The van der Waals surface area contributed by atoms with Crippen LogP contribution in [0.15, 0.2) is 72.8 Å². The van der Waals surface area contributed by atoms with Gasteiger partial charge in [-0.2, -0.15) is 13.2 Å². The van der Waals surface area contributed by atoms with Crippen LogP contribution in [0.3, 0.4) is 0 Å². The molecule has 7 heteroatoms. The standard InChI is InChI=1S/C25H20F3NO2S/c1-29(12-11-24(30)31)19-8-10-22-18(13-19)15-23(32-22)17-7-9-20(16-5-3-2-4-6-16)21(14-17)25(26,27)28/h2-10,13-15H,11-12H2,1H3,(H,30,31). The Bertz CT molecular complexity index is 1270. The van der Waals surface area contributed by atoms with E-state index in [-0.39, 0.29) is 12.0 Å². The van der Waals surface area contributed by atoms with Crippen LogP contribution < -0.4 is 4.90 Å². The number of carboxylic acid groups (broad SMARTS) is 1. The summed E-state index contributed by atoms with van der Waals surface area (Å²) in [5, 5.41) is 9.78. The molecular formula is C25H20F3NO2S. The summed E-state index contributed by atoms with van der Waals surface area (Å²) in [7, 11) is 1.81. The Labute approximate surface area is 187 Å². The number of alkyl halides is 3. The molecule has 0 saturated carbocycles. The maximum absolute atomic E-state index is 13.9. The average Bonchev–Trinajstić information content (AvgIpc) is 3.20. The minimum absolute atomic E-state index is 0.0252. The normalized spacial score (nSPS) is 11.6. The lowest BCUT2D eigenvalue weighted by Gasteiger charge is -2.18. The third-order valence-corrected chi connectivity index (χ3v) is 6.46. The van der Waals surface area contributed by atoms with Crippen LogP contribution in [0.1, 0.15) is 12.0 Å². The summed E-state index contributed by atoms with van der Waals surface area (Å²) >= 11 is 1.43. The Balaban J connectivity index is 1.71. The van der Waals surface area contributed by atoms with E-state index in [4.69, 9.17) is 5.11 Å². The van der Waals surface area contributed by atoms with Crippen molar-refractivity contribution in [3.63, 3.8) is 0 Å². The molecule has 1 aromatic heterocycles. The fourth-order valence-electron chi connectivity index (χ4n) is 3.60. The van der Waals surface area contributed by atoms with Crippen LogP contribution in [-0.2, 0) is 11.0 Å². The Morgan fingerprint density at radius 2 is 1.72 bits per heavy atom. The first-order chi connectivity index (χ1) is 15.2. The molecule has 0 amide bonds. The molecule has 1 heterocycles. The molecule has 0 fully saturated rings. The van der Waals surface area contributed by atoms with Gasteiger partial charge in [-0.05, 0) is 52.4 Å². The molecule has 3 aromatic carbocycles. The molecule has 0 aliphatic heterocycles. The predicted octanol–water partition coefficient (Wildman–Crippen LogP) is 7.17. The van der Waals surface area contributed by atoms with E-state index in [1.54, 1.807) is 36.4 Å². The summed E-state index contributed by atoms with van der Waals surface area (Å²) in [6, 6.07) is 20.7. The first-order valence-corrected chi connectivity index (χ1v) is 10.8. The number of anilines is 1. The van der Waals surface area contributed by atoms with Crippen molar-refractivity contribution in [1.82, 2.24) is 0 Å². The van der Waals surface area contributed by atoms with Crippen molar-refractivity contribution in [2.75, 3.05) is 18.5 Å². The van der Waals surface area contributed by atoms with Gasteiger partial charge in [-0.15, -0.1) is 11.3 Å². The molecule has 0 radical (unpaired) electrons. The summed E-state index contributed by atoms with van der Waals surface area (Å²) in [4.78, 5) is 13.4. The van der Waals surface area contributed by atoms with Crippen LogP contribution in [0, 0.1) is 0 Å². The SMILES string of the molecule is CN(CCC(=O)O)c1ccc2sc(-c3ccc(-c4ccccc4)c(C(F)(F)F)c3)cc2c1. The van der Waals surface area contributed by atoms with Gasteiger partial charge >= 0.3 is 12.1 Å².